The molecule has 1 heterocycles. The minimum atomic E-state index is -0.677. The van der Waals surface area contributed by atoms with Crippen molar-refractivity contribution in [3.63, 3.8) is 0 Å². The Morgan fingerprint density at radius 2 is 1.95 bits per heavy atom. The van der Waals surface area contributed by atoms with Gasteiger partial charge in [0.05, 0.1) is 5.41 Å². The van der Waals surface area contributed by atoms with Crippen LogP contribution in [-0.4, -0.2) is 11.8 Å². The summed E-state index contributed by atoms with van der Waals surface area (Å²) in [5.41, 5.74) is 1.35. The molecule has 1 aromatic rings. The summed E-state index contributed by atoms with van der Waals surface area (Å²) in [5.74, 6) is 0.0171. The smallest absolute Gasteiger partial charge is 0.236 e. The highest BCUT2D eigenvalue weighted by Gasteiger charge is 2.40. The topological polar surface area (TPSA) is 46.2 Å². The maximum atomic E-state index is 12.2. The number of piperidine rings is 1. The highest BCUT2D eigenvalue weighted by Crippen LogP contribution is 2.37. The van der Waals surface area contributed by atoms with Gasteiger partial charge in [0, 0.05) is 11.4 Å². The molecule has 1 atom stereocenters. The van der Waals surface area contributed by atoms with Crippen LogP contribution < -0.4 is 5.32 Å². The van der Waals surface area contributed by atoms with Gasteiger partial charge >= 0.3 is 0 Å². The third kappa shape index (κ3) is 2.98. The lowest BCUT2D eigenvalue weighted by Gasteiger charge is -2.32. The van der Waals surface area contributed by atoms with Crippen LogP contribution in [-0.2, 0) is 15.0 Å². The summed E-state index contributed by atoms with van der Waals surface area (Å²) in [4.78, 5) is 23.5. The number of halogens is 1. The van der Waals surface area contributed by atoms with Crippen LogP contribution in [0.5, 0.6) is 0 Å². The van der Waals surface area contributed by atoms with Crippen molar-refractivity contribution in [1.82, 2.24) is 5.32 Å². The lowest BCUT2D eigenvalue weighted by atomic mass is 9.75. The van der Waals surface area contributed by atoms with Gasteiger partial charge in [0.1, 0.15) is 0 Å². The van der Waals surface area contributed by atoms with E-state index < -0.39 is 5.41 Å². The molecule has 0 aliphatic carbocycles. The van der Waals surface area contributed by atoms with E-state index >= 15 is 0 Å². The normalized spacial score (nSPS) is 22.5. The zero-order valence-corrected chi connectivity index (χ0v) is 13.6. The van der Waals surface area contributed by atoms with E-state index in [2.05, 4.69) is 19.2 Å². The summed E-state index contributed by atoms with van der Waals surface area (Å²) in [6.07, 6.45) is 2.98. The summed E-state index contributed by atoms with van der Waals surface area (Å²) in [6, 6.07) is 5.91. The maximum absolute atomic E-state index is 12.2. The lowest BCUT2D eigenvalue weighted by Crippen LogP contribution is -2.49. The van der Waals surface area contributed by atoms with E-state index in [0.717, 1.165) is 24.0 Å². The molecule has 2 amide bonds. The lowest BCUT2D eigenvalue weighted by molar-refractivity contribution is -0.137. The van der Waals surface area contributed by atoms with Crippen LogP contribution in [0.2, 0.25) is 5.02 Å². The second-order valence-electron chi connectivity index (χ2n) is 5.96. The van der Waals surface area contributed by atoms with Crippen LogP contribution in [0.25, 0.3) is 0 Å². The number of nitrogens with one attached hydrogen (secondary N) is 1. The predicted octanol–water partition coefficient (Wildman–Crippen LogP) is 3.94. The van der Waals surface area contributed by atoms with Crippen LogP contribution in [0.4, 0.5) is 0 Å². The van der Waals surface area contributed by atoms with Crippen molar-refractivity contribution in [2.45, 2.75) is 57.8 Å². The van der Waals surface area contributed by atoms with Gasteiger partial charge in [0.25, 0.3) is 0 Å². The summed E-state index contributed by atoms with van der Waals surface area (Å²) in [7, 11) is 0. The Balaban J connectivity index is 2.35. The molecule has 0 aromatic heterocycles. The molecule has 1 N–H and O–H groups in total. The minimum Gasteiger partial charge on any atom is -0.296 e. The zero-order chi connectivity index (χ0) is 15.6. The largest absolute Gasteiger partial charge is 0.296 e. The van der Waals surface area contributed by atoms with Crippen LogP contribution in [0.3, 0.4) is 0 Å². The van der Waals surface area contributed by atoms with E-state index in [0.29, 0.717) is 23.8 Å². The van der Waals surface area contributed by atoms with Crippen molar-refractivity contribution in [3.05, 3.63) is 34.3 Å². The summed E-state index contributed by atoms with van der Waals surface area (Å²) in [6.45, 7) is 6.18. The van der Waals surface area contributed by atoms with Crippen molar-refractivity contribution < 1.29 is 9.59 Å². The molecular weight excluding hydrogens is 286 g/mol. The van der Waals surface area contributed by atoms with E-state index in [1.807, 2.05) is 25.1 Å². The third-order valence-corrected chi connectivity index (χ3v) is 5.00. The molecule has 21 heavy (non-hydrogen) atoms. The molecule has 114 valence electrons. The van der Waals surface area contributed by atoms with Gasteiger partial charge in [-0.1, -0.05) is 37.6 Å². The summed E-state index contributed by atoms with van der Waals surface area (Å²) in [5, 5.41) is 3.14. The number of benzene rings is 1. The molecule has 4 heteroatoms. The first kappa shape index (κ1) is 16.0. The first-order chi connectivity index (χ1) is 9.92. The van der Waals surface area contributed by atoms with E-state index in [1.165, 1.54) is 0 Å². The fourth-order valence-electron chi connectivity index (χ4n) is 3.01. The number of imide groups is 1. The quantitative estimate of drug-likeness (QED) is 0.856. The number of amides is 2. The van der Waals surface area contributed by atoms with E-state index in [9.17, 15) is 9.59 Å². The van der Waals surface area contributed by atoms with E-state index in [1.54, 1.807) is 0 Å². The molecule has 0 spiro atoms. The molecule has 1 aliphatic rings. The highest BCUT2D eigenvalue weighted by molar-refractivity contribution is 6.31. The molecule has 1 aromatic carbocycles. The van der Waals surface area contributed by atoms with Gasteiger partial charge in [-0.2, -0.15) is 0 Å². The Hall–Kier alpha value is -1.35. The standard InChI is InChI=1S/C17H22ClNO2/c1-4-11(5-2)13-7-6-12(10-14(13)18)17(3)9-8-15(20)19-16(17)21/h6-7,10-11H,4-5,8-9H2,1-3H3,(H,19,20,21)/t17-/m1/s1. The average molecular weight is 308 g/mol. The van der Waals surface area contributed by atoms with Gasteiger partial charge in [-0.05, 0) is 49.3 Å². The molecule has 0 bridgehead atoms. The van der Waals surface area contributed by atoms with Gasteiger partial charge < -0.3 is 0 Å². The molecule has 0 unspecified atom stereocenters. The number of hydrogen-bond acceptors (Lipinski definition) is 2. The predicted molar refractivity (Wildman–Crippen MR) is 84.5 cm³/mol. The van der Waals surface area contributed by atoms with Gasteiger partial charge in [-0.15, -0.1) is 0 Å². The monoisotopic (exact) mass is 307 g/mol. The van der Waals surface area contributed by atoms with E-state index in [-0.39, 0.29) is 11.8 Å². The van der Waals surface area contributed by atoms with Crippen LogP contribution in [0.1, 0.15) is 63.5 Å². The third-order valence-electron chi connectivity index (χ3n) is 4.67. The van der Waals surface area contributed by atoms with Crippen LogP contribution >= 0.6 is 11.6 Å². The van der Waals surface area contributed by atoms with Gasteiger partial charge in [-0.25, -0.2) is 0 Å². The van der Waals surface area contributed by atoms with Crippen molar-refractivity contribution in [1.29, 1.82) is 0 Å². The number of rotatable bonds is 4. The second kappa shape index (κ2) is 6.18. The molecular formula is C17H22ClNO2. The van der Waals surface area contributed by atoms with Crippen molar-refractivity contribution in [3.8, 4) is 0 Å². The molecule has 1 saturated heterocycles. The van der Waals surface area contributed by atoms with Crippen LogP contribution in [0.15, 0.2) is 18.2 Å². The Morgan fingerprint density at radius 1 is 1.29 bits per heavy atom. The Labute approximate surface area is 131 Å². The summed E-state index contributed by atoms with van der Waals surface area (Å²) >= 11 is 6.44. The fraction of sp³-hybridized carbons (Fsp3) is 0.529. The van der Waals surface area contributed by atoms with E-state index in [4.69, 9.17) is 11.6 Å². The Kier molecular flexibility index (Phi) is 4.72. The second-order valence-corrected chi connectivity index (χ2v) is 6.37. The molecule has 1 fully saturated rings. The maximum Gasteiger partial charge on any atom is 0.236 e. The number of carbonyl (C=O) groups is 2. The Bertz CT molecular complexity index is 566. The molecule has 3 nitrogen and oxygen atoms in total. The first-order valence-electron chi connectivity index (χ1n) is 7.56. The molecule has 0 saturated carbocycles. The van der Waals surface area contributed by atoms with Crippen molar-refractivity contribution in [2.24, 2.45) is 0 Å². The Morgan fingerprint density at radius 3 is 2.48 bits per heavy atom. The van der Waals surface area contributed by atoms with Crippen LogP contribution in [0, 0.1) is 0 Å². The summed E-state index contributed by atoms with van der Waals surface area (Å²) < 4.78 is 0. The number of hydrogen-bond donors (Lipinski definition) is 1. The first-order valence-corrected chi connectivity index (χ1v) is 7.94. The molecule has 2 rings (SSSR count). The average Bonchev–Trinajstić information content (AvgIpc) is 2.46. The molecule has 0 radical (unpaired) electrons. The van der Waals surface area contributed by atoms with Gasteiger partial charge in [0.2, 0.25) is 11.8 Å². The fourth-order valence-corrected chi connectivity index (χ4v) is 3.34. The van der Waals surface area contributed by atoms with Gasteiger partial charge in [0.15, 0.2) is 0 Å². The highest BCUT2D eigenvalue weighted by atomic mass is 35.5. The minimum absolute atomic E-state index is 0.197. The SMILES string of the molecule is CCC(CC)c1ccc([C@@]2(C)CCC(=O)NC2=O)cc1Cl. The van der Waals surface area contributed by atoms with Crippen molar-refractivity contribution >= 4 is 23.4 Å². The van der Waals surface area contributed by atoms with Crippen molar-refractivity contribution in [2.75, 3.05) is 0 Å². The zero-order valence-electron chi connectivity index (χ0n) is 12.8. The molecule has 1 aliphatic heterocycles. The van der Waals surface area contributed by atoms with Gasteiger partial charge in [-0.3, -0.25) is 14.9 Å². The number of carbonyl (C=O) groups excluding carboxylic acids is 2.